The summed E-state index contributed by atoms with van der Waals surface area (Å²) in [5, 5.41) is 0.881. The molecule has 0 N–H and O–H groups in total. The molecule has 0 aromatic heterocycles. The van der Waals surface area contributed by atoms with E-state index >= 15 is 0 Å². The zero-order valence-electron chi connectivity index (χ0n) is 10.4. The van der Waals surface area contributed by atoms with Gasteiger partial charge in [0.15, 0.2) is 5.78 Å². The van der Waals surface area contributed by atoms with Crippen LogP contribution >= 0.6 is 15.9 Å². The highest BCUT2D eigenvalue weighted by atomic mass is 79.9. The van der Waals surface area contributed by atoms with E-state index in [1.54, 1.807) is 0 Å². The first-order valence-corrected chi connectivity index (χ1v) is 7.41. The molecule has 0 saturated carbocycles. The number of carbonyl (C=O) groups is 1. The van der Waals surface area contributed by atoms with E-state index < -0.39 is 0 Å². The second-order valence-electron chi connectivity index (χ2n) is 4.46. The molecule has 1 aliphatic heterocycles. The van der Waals surface area contributed by atoms with Crippen molar-refractivity contribution in [2.45, 2.75) is 12.8 Å². The Hall–Kier alpha value is -1.61. The van der Waals surface area contributed by atoms with E-state index in [9.17, 15) is 4.79 Å². The second-order valence-corrected chi connectivity index (χ2v) is 5.26. The molecule has 2 nitrogen and oxygen atoms in total. The third kappa shape index (κ3) is 2.19. The lowest BCUT2D eigenvalue weighted by Gasteiger charge is -2.25. The Morgan fingerprint density at radius 1 is 1.32 bits per heavy atom. The van der Waals surface area contributed by atoms with Crippen LogP contribution in [0.2, 0.25) is 0 Å². The number of halogens is 1. The van der Waals surface area contributed by atoms with E-state index in [0.717, 1.165) is 34.2 Å². The lowest BCUT2D eigenvalue weighted by molar-refractivity contribution is -0.114. The van der Waals surface area contributed by atoms with Crippen molar-refractivity contribution in [3.8, 4) is 5.75 Å². The quantitative estimate of drug-likeness (QED) is 0.770. The van der Waals surface area contributed by atoms with Gasteiger partial charge >= 0.3 is 0 Å². The number of carbonyl (C=O) groups excluding carboxylic acids is 1. The third-order valence-electron chi connectivity index (χ3n) is 3.22. The molecule has 3 heteroatoms. The molecule has 0 amide bonds. The fraction of sp³-hybridized carbons (Fsp3) is 0.188. The van der Waals surface area contributed by atoms with Gasteiger partial charge in [-0.1, -0.05) is 46.3 Å². The van der Waals surface area contributed by atoms with Crippen molar-refractivity contribution >= 4 is 27.3 Å². The molecule has 96 valence electrons. The molecule has 3 rings (SSSR count). The van der Waals surface area contributed by atoms with Gasteiger partial charge in [0.2, 0.25) is 0 Å². The van der Waals surface area contributed by atoms with Gasteiger partial charge < -0.3 is 4.74 Å². The van der Waals surface area contributed by atoms with Gasteiger partial charge in [-0.3, -0.25) is 4.79 Å². The normalized spacial score (nSPS) is 19.2. The third-order valence-corrected chi connectivity index (χ3v) is 3.68. The summed E-state index contributed by atoms with van der Waals surface area (Å²) in [6.07, 6.45) is 7.21. The first-order valence-electron chi connectivity index (χ1n) is 6.29. The Bertz CT molecular complexity index is 623. The summed E-state index contributed by atoms with van der Waals surface area (Å²) in [6, 6.07) is 7.86. The molecule has 0 atom stereocenters. The molecule has 0 radical (unpaired) electrons. The van der Waals surface area contributed by atoms with Crippen molar-refractivity contribution in [3.63, 3.8) is 0 Å². The number of allylic oxidation sites excluding steroid dienone is 5. The van der Waals surface area contributed by atoms with Gasteiger partial charge in [-0.2, -0.15) is 0 Å². The Kier molecular flexibility index (Phi) is 3.38. The molecule has 19 heavy (non-hydrogen) atoms. The summed E-state index contributed by atoms with van der Waals surface area (Å²) in [6.45, 7) is 0. The minimum Gasteiger partial charge on any atom is -0.456 e. The van der Waals surface area contributed by atoms with Crippen LogP contribution in [0.3, 0.4) is 0 Å². The maximum Gasteiger partial charge on any atom is 0.170 e. The van der Waals surface area contributed by atoms with Crippen molar-refractivity contribution in [2.75, 3.05) is 5.33 Å². The van der Waals surface area contributed by atoms with Crippen LogP contribution in [0.1, 0.15) is 18.4 Å². The maximum atomic E-state index is 12.2. The van der Waals surface area contributed by atoms with Crippen LogP contribution < -0.4 is 4.74 Å². The number of benzene rings is 1. The molecule has 1 aromatic rings. The van der Waals surface area contributed by atoms with E-state index in [-0.39, 0.29) is 5.78 Å². The van der Waals surface area contributed by atoms with E-state index in [1.807, 2.05) is 36.4 Å². The van der Waals surface area contributed by atoms with Crippen molar-refractivity contribution < 1.29 is 9.53 Å². The Balaban J connectivity index is 2.17. The number of ether oxygens (including phenoxy) is 1. The molecular weight excluding hydrogens is 304 g/mol. The van der Waals surface area contributed by atoms with Crippen molar-refractivity contribution in [1.82, 2.24) is 0 Å². The van der Waals surface area contributed by atoms with Crippen LogP contribution in [0.15, 0.2) is 53.8 Å². The Morgan fingerprint density at radius 2 is 2.16 bits per heavy atom. The van der Waals surface area contributed by atoms with Crippen LogP contribution in [0.4, 0.5) is 0 Å². The maximum absolute atomic E-state index is 12.2. The highest BCUT2D eigenvalue weighted by molar-refractivity contribution is 9.09. The smallest absolute Gasteiger partial charge is 0.170 e. The van der Waals surface area contributed by atoms with Crippen LogP contribution in [0.5, 0.6) is 5.75 Å². The van der Waals surface area contributed by atoms with Crippen molar-refractivity contribution in [2.24, 2.45) is 0 Å². The number of Topliss-reactive ketones (excluding diaryl/α,β-unsaturated/α-hetero) is 1. The highest BCUT2D eigenvalue weighted by Crippen LogP contribution is 2.41. The minimum absolute atomic E-state index is 0.132. The number of para-hydroxylation sites is 1. The molecule has 0 unspecified atom stereocenters. The zero-order chi connectivity index (χ0) is 13.2. The molecule has 0 fully saturated rings. The number of rotatable bonds is 2. The van der Waals surface area contributed by atoms with E-state index in [0.29, 0.717) is 12.2 Å². The molecule has 1 aromatic carbocycles. The fourth-order valence-corrected chi connectivity index (χ4v) is 2.63. The van der Waals surface area contributed by atoms with Gasteiger partial charge in [-0.05, 0) is 24.1 Å². The predicted molar refractivity (Wildman–Crippen MR) is 79.2 cm³/mol. The summed E-state index contributed by atoms with van der Waals surface area (Å²) in [7, 11) is 0. The average Bonchev–Trinajstić information content (AvgIpc) is 2.44. The van der Waals surface area contributed by atoms with Gasteiger partial charge in [0.1, 0.15) is 11.5 Å². The number of hydrogen-bond acceptors (Lipinski definition) is 2. The molecule has 0 saturated heterocycles. The van der Waals surface area contributed by atoms with E-state index in [2.05, 4.69) is 22.0 Å². The van der Waals surface area contributed by atoms with Crippen LogP contribution in [-0.2, 0) is 4.79 Å². The SMILES string of the molecule is O=C1CC=CC2=C1C(=CCCBr)c1ccccc1O2. The average molecular weight is 317 g/mol. The highest BCUT2D eigenvalue weighted by Gasteiger charge is 2.28. The number of hydrogen-bond donors (Lipinski definition) is 0. The molecule has 0 bridgehead atoms. The largest absolute Gasteiger partial charge is 0.456 e. The zero-order valence-corrected chi connectivity index (χ0v) is 11.9. The lowest BCUT2D eigenvalue weighted by atomic mass is 9.87. The monoisotopic (exact) mass is 316 g/mol. The number of alkyl halides is 1. The van der Waals surface area contributed by atoms with Crippen LogP contribution in [0.25, 0.3) is 5.57 Å². The molecule has 1 heterocycles. The van der Waals surface area contributed by atoms with Gasteiger partial charge in [0.25, 0.3) is 0 Å². The summed E-state index contributed by atoms with van der Waals surface area (Å²) < 4.78 is 5.84. The molecular formula is C16H13BrO2. The summed E-state index contributed by atoms with van der Waals surface area (Å²) in [4.78, 5) is 12.2. The summed E-state index contributed by atoms with van der Waals surface area (Å²) >= 11 is 3.43. The van der Waals surface area contributed by atoms with Crippen molar-refractivity contribution in [1.29, 1.82) is 0 Å². The Labute approximate surface area is 120 Å². The van der Waals surface area contributed by atoms with Crippen molar-refractivity contribution in [3.05, 3.63) is 59.4 Å². The molecule has 1 aliphatic carbocycles. The summed E-state index contributed by atoms with van der Waals surface area (Å²) in [5.41, 5.74) is 2.73. The van der Waals surface area contributed by atoms with Gasteiger partial charge in [-0.25, -0.2) is 0 Å². The predicted octanol–water partition coefficient (Wildman–Crippen LogP) is 4.03. The van der Waals surface area contributed by atoms with E-state index in [1.165, 1.54) is 0 Å². The number of ketones is 1. The fourth-order valence-electron chi connectivity index (χ4n) is 2.41. The molecule has 2 aliphatic rings. The first-order chi connectivity index (χ1) is 9.31. The van der Waals surface area contributed by atoms with Crippen LogP contribution in [0, 0.1) is 0 Å². The minimum atomic E-state index is 0.132. The summed E-state index contributed by atoms with van der Waals surface area (Å²) in [5.74, 6) is 1.63. The topological polar surface area (TPSA) is 26.3 Å². The second kappa shape index (κ2) is 5.17. The van der Waals surface area contributed by atoms with Gasteiger partial charge in [-0.15, -0.1) is 0 Å². The number of fused-ring (bicyclic) bond motifs is 1. The van der Waals surface area contributed by atoms with E-state index in [4.69, 9.17) is 4.74 Å². The standard InChI is InChI=1S/C16H13BrO2/c17-10-4-6-12-11-5-1-2-8-14(11)19-15-9-3-7-13(18)16(12)15/h1-3,5-6,8-9H,4,7,10H2. The lowest BCUT2D eigenvalue weighted by Crippen LogP contribution is -2.17. The Morgan fingerprint density at radius 3 is 3.00 bits per heavy atom. The van der Waals surface area contributed by atoms with Gasteiger partial charge in [0.05, 0.1) is 5.57 Å². The first kappa shape index (κ1) is 12.4. The van der Waals surface area contributed by atoms with Crippen LogP contribution in [-0.4, -0.2) is 11.1 Å². The molecule has 0 spiro atoms. The van der Waals surface area contributed by atoms with Gasteiger partial charge in [0, 0.05) is 17.3 Å².